The normalized spacial score (nSPS) is 12.1. The number of fused-ring (bicyclic) bond motifs is 1. The van der Waals surface area contributed by atoms with Gasteiger partial charge in [-0.05, 0) is 43.7 Å². The number of carbonyl (C=O) groups excluding carboxylic acids is 1. The highest BCUT2D eigenvalue weighted by Gasteiger charge is 2.19. The van der Waals surface area contributed by atoms with E-state index in [1.807, 2.05) is 67.6 Å². The summed E-state index contributed by atoms with van der Waals surface area (Å²) in [4.78, 5) is 14.2. The molecular weight excluding hydrogens is 338 g/mol. The maximum atomic E-state index is 12.6. The van der Waals surface area contributed by atoms with Gasteiger partial charge in [-0.15, -0.1) is 15.0 Å². The molecular formula is C22H19N3O2. The standard InChI is InChI=1S/C22H19N3O2/c1-15-12-13-21(27-16(2)22(26)17-8-4-3-5-9-17)20(14-15)25-23-18-10-6-7-11-19(18)24-25/h3-14,16H,1-2H3. The number of hydrogen-bond donors (Lipinski definition) is 0. The highest BCUT2D eigenvalue weighted by molar-refractivity contribution is 5.99. The first-order valence-electron chi connectivity index (χ1n) is 8.81. The molecule has 0 bridgehead atoms. The second-order valence-electron chi connectivity index (χ2n) is 6.44. The maximum Gasteiger partial charge on any atom is 0.202 e. The molecule has 0 spiro atoms. The van der Waals surface area contributed by atoms with Crippen LogP contribution in [0, 0.1) is 6.92 Å². The Labute approximate surface area is 157 Å². The van der Waals surface area contributed by atoms with Crippen LogP contribution in [0.25, 0.3) is 16.7 Å². The zero-order valence-electron chi connectivity index (χ0n) is 15.2. The summed E-state index contributed by atoms with van der Waals surface area (Å²) in [5.41, 5.74) is 4.00. The van der Waals surface area contributed by atoms with Gasteiger partial charge in [-0.3, -0.25) is 4.79 Å². The Morgan fingerprint density at radius 2 is 1.56 bits per heavy atom. The number of aryl methyl sites for hydroxylation is 1. The van der Waals surface area contributed by atoms with Crippen molar-refractivity contribution in [3.63, 3.8) is 0 Å². The summed E-state index contributed by atoms with van der Waals surface area (Å²) in [6.45, 7) is 3.75. The van der Waals surface area contributed by atoms with Crippen molar-refractivity contribution < 1.29 is 9.53 Å². The summed E-state index contributed by atoms with van der Waals surface area (Å²) >= 11 is 0. The predicted octanol–water partition coefficient (Wildman–Crippen LogP) is 4.38. The summed E-state index contributed by atoms with van der Waals surface area (Å²) in [6.07, 6.45) is -0.626. The van der Waals surface area contributed by atoms with Crippen molar-refractivity contribution in [2.45, 2.75) is 20.0 Å². The van der Waals surface area contributed by atoms with E-state index in [1.54, 1.807) is 23.9 Å². The van der Waals surface area contributed by atoms with Crippen molar-refractivity contribution in [3.8, 4) is 11.4 Å². The van der Waals surface area contributed by atoms with Crippen LogP contribution >= 0.6 is 0 Å². The van der Waals surface area contributed by atoms with Crippen molar-refractivity contribution >= 4 is 16.8 Å². The molecule has 0 N–H and O–H groups in total. The number of nitrogens with zero attached hydrogens (tertiary/aromatic N) is 3. The minimum atomic E-state index is -0.626. The molecule has 5 heteroatoms. The molecule has 1 aromatic heterocycles. The second-order valence-corrected chi connectivity index (χ2v) is 6.44. The van der Waals surface area contributed by atoms with Crippen molar-refractivity contribution in [1.82, 2.24) is 15.0 Å². The third kappa shape index (κ3) is 3.44. The fraction of sp³-hybridized carbons (Fsp3) is 0.136. The van der Waals surface area contributed by atoms with Gasteiger partial charge in [0.2, 0.25) is 5.78 Å². The van der Waals surface area contributed by atoms with E-state index in [9.17, 15) is 4.79 Å². The zero-order chi connectivity index (χ0) is 18.8. The highest BCUT2D eigenvalue weighted by Crippen LogP contribution is 2.26. The Balaban J connectivity index is 1.68. The van der Waals surface area contributed by atoms with E-state index < -0.39 is 6.10 Å². The molecule has 1 unspecified atom stereocenters. The average molecular weight is 357 g/mol. The maximum absolute atomic E-state index is 12.6. The molecule has 0 saturated carbocycles. The van der Waals surface area contributed by atoms with Gasteiger partial charge >= 0.3 is 0 Å². The van der Waals surface area contributed by atoms with Gasteiger partial charge in [-0.2, -0.15) is 0 Å². The molecule has 4 aromatic rings. The Morgan fingerprint density at radius 3 is 2.22 bits per heavy atom. The molecule has 1 atom stereocenters. The van der Waals surface area contributed by atoms with E-state index in [1.165, 1.54) is 0 Å². The number of ketones is 1. The predicted molar refractivity (Wildman–Crippen MR) is 104 cm³/mol. The van der Waals surface area contributed by atoms with Gasteiger partial charge in [0.15, 0.2) is 6.10 Å². The number of hydrogen-bond acceptors (Lipinski definition) is 4. The minimum absolute atomic E-state index is 0.0688. The zero-order valence-corrected chi connectivity index (χ0v) is 15.2. The number of Topliss-reactive ketones (excluding diaryl/α,β-unsaturated/α-hetero) is 1. The van der Waals surface area contributed by atoms with Gasteiger partial charge in [0, 0.05) is 5.56 Å². The summed E-state index contributed by atoms with van der Waals surface area (Å²) in [6, 6.07) is 22.6. The summed E-state index contributed by atoms with van der Waals surface area (Å²) < 4.78 is 6.02. The molecule has 0 radical (unpaired) electrons. The Bertz CT molecular complexity index is 1070. The SMILES string of the molecule is Cc1ccc(OC(C)C(=O)c2ccccc2)c(-n2nc3ccccc3n2)c1. The first kappa shape index (κ1) is 17.0. The van der Waals surface area contributed by atoms with E-state index in [0.717, 1.165) is 16.6 Å². The van der Waals surface area contributed by atoms with E-state index in [0.29, 0.717) is 17.0 Å². The van der Waals surface area contributed by atoms with Gasteiger partial charge in [0.05, 0.1) is 0 Å². The first-order chi connectivity index (χ1) is 13.1. The summed E-state index contributed by atoms with van der Waals surface area (Å²) in [7, 11) is 0. The second kappa shape index (κ2) is 7.03. The van der Waals surface area contributed by atoms with Crippen molar-refractivity contribution in [1.29, 1.82) is 0 Å². The van der Waals surface area contributed by atoms with E-state index in [2.05, 4.69) is 10.2 Å². The van der Waals surface area contributed by atoms with Crippen LogP contribution in [0.15, 0.2) is 72.8 Å². The smallest absolute Gasteiger partial charge is 0.202 e. The minimum Gasteiger partial charge on any atom is -0.480 e. The molecule has 3 aromatic carbocycles. The fourth-order valence-electron chi connectivity index (χ4n) is 2.93. The lowest BCUT2D eigenvalue weighted by molar-refractivity contribution is 0.0817. The van der Waals surface area contributed by atoms with Crippen LogP contribution in [-0.2, 0) is 0 Å². The van der Waals surface area contributed by atoms with Crippen LogP contribution in [0.1, 0.15) is 22.8 Å². The van der Waals surface area contributed by atoms with E-state index in [4.69, 9.17) is 4.74 Å². The van der Waals surface area contributed by atoms with Crippen LogP contribution in [0.4, 0.5) is 0 Å². The molecule has 0 saturated heterocycles. The quantitative estimate of drug-likeness (QED) is 0.497. The van der Waals surface area contributed by atoms with Crippen LogP contribution in [-0.4, -0.2) is 26.9 Å². The molecule has 27 heavy (non-hydrogen) atoms. The van der Waals surface area contributed by atoms with E-state index in [-0.39, 0.29) is 5.78 Å². The first-order valence-corrected chi connectivity index (χ1v) is 8.81. The van der Waals surface area contributed by atoms with Gasteiger partial charge < -0.3 is 4.74 Å². The third-order valence-corrected chi connectivity index (χ3v) is 4.35. The van der Waals surface area contributed by atoms with Crippen LogP contribution in [0.2, 0.25) is 0 Å². The lowest BCUT2D eigenvalue weighted by Crippen LogP contribution is -2.24. The van der Waals surface area contributed by atoms with Crippen LogP contribution in [0.3, 0.4) is 0 Å². The fourth-order valence-corrected chi connectivity index (χ4v) is 2.93. The molecule has 0 aliphatic carbocycles. The Kier molecular flexibility index (Phi) is 4.42. The van der Waals surface area contributed by atoms with E-state index >= 15 is 0 Å². The molecule has 0 fully saturated rings. The number of rotatable bonds is 5. The molecule has 0 amide bonds. The average Bonchev–Trinajstić information content (AvgIpc) is 3.13. The Hall–Kier alpha value is -3.47. The lowest BCUT2D eigenvalue weighted by Gasteiger charge is -2.16. The molecule has 5 nitrogen and oxygen atoms in total. The molecule has 4 rings (SSSR count). The van der Waals surface area contributed by atoms with Gasteiger partial charge in [-0.25, -0.2) is 0 Å². The monoisotopic (exact) mass is 357 g/mol. The van der Waals surface area contributed by atoms with Crippen molar-refractivity contribution in [3.05, 3.63) is 83.9 Å². The summed E-state index contributed by atoms with van der Waals surface area (Å²) in [5.74, 6) is 0.499. The number of carbonyl (C=O) groups is 1. The lowest BCUT2D eigenvalue weighted by atomic mass is 10.1. The number of ether oxygens (including phenoxy) is 1. The van der Waals surface area contributed by atoms with Gasteiger partial charge in [0.25, 0.3) is 0 Å². The van der Waals surface area contributed by atoms with Crippen molar-refractivity contribution in [2.24, 2.45) is 0 Å². The molecule has 134 valence electrons. The highest BCUT2D eigenvalue weighted by atomic mass is 16.5. The number of benzene rings is 3. The topological polar surface area (TPSA) is 57.0 Å². The van der Waals surface area contributed by atoms with Crippen molar-refractivity contribution in [2.75, 3.05) is 0 Å². The molecule has 1 heterocycles. The largest absolute Gasteiger partial charge is 0.480 e. The summed E-state index contributed by atoms with van der Waals surface area (Å²) in [5, 5.41) is 9.07. The molecule has 0 aliphatic heterocycles. The molecule has 0 aliphatic rings. The van der Waals surface area contributed by atoms with Gasteiger partial charge in [0.1, 0.15) is 22.5 Å². The van der Waals surface area contributed by atoms with Gasteiger partial charge in [-0.1, -0.05) is 48.5 Å². The van der Waals surface area contributed by atoms with Crippen LogP contribution in [0.5, 0.6) is 5.75 Å². The third-order valence-electron chi connectivity index (χ3n) is 4.35. The number of aromatic nitrogens is 3. The van der Waals surface area contributed by atoms with Crippen LogP contribution < -0.4 is 4.74 Å². The Morgan fingerprint density at radius 1 is 0.926 bits per heavy atom.